The number of fused-ring (bicyclic) bond motifs is 3. The lowest BCUT2D eigenvalue weighted by Gasteiger charge is -2.28. The second-order valence-electron chi connectivity index (χ2n) is 11.0. The summed E-state index contributed by atoms with van der Waals surface area (Å²) in [6, 6.07) is 65.1. The lowest BCUT2D eigenvalue weighted by atomic mass is 10.00. The molecule has 0 N–H and O–H groups in total. The van der Waals surface area contributed by atoms with Gasteiger partial charge in [-0.05, 0) is 71.3 Å². The normalized spacial score (nSPS) is 11.2. The van der Waals surface area contributed by atoms with Gasteiger partial charge in [0.2, 0.25) is 0 Å². The zero-order valence-electron chi connectivity index (χ0n) is 24.2. The van der Waals surface area contributed by atoms with Gasteiger partial charge in [0.25, 0.3) is 0 Å². The first-order valence-corrected chi connectivity index (χ1v) is 15.0. The number of rotatable bonds is 6. The molecule has 1 heterocycles. The van der Waals surface area contributed by atoms with Crippen LogP contribution in [0.5, 0.6) is 0 Å². The molecule has 8 aromatic rings. The monoisotopic (exact) mass is 562 g/mol. The molecule has 0 saturated carbocycles. The van der Waals surface area contributed by atoms with E-state index in [2.05, 4.69) is 191 Å². The van der Waals surface area contributed by atoms with Crippen LogP contribution in [0.15, 0.2) is 182 Å². The third kappa shape index (κ3) is 4.54. The van der Waals surface area contributed by atoms with Gasteiger partial charge in [-0.3, -0.25) is 0 Å². The molecule has 0 radical (unpaired) electrons. The molecule has 0 aliphatic carbocycles. The summed E-state index contributed by atoms with van der Waals surface area (Å²) >= 11 is 0. The molecule has 0 unspecified atom stereocenters. The van der Waals surface area contributed by atoms with Gasteiger partial charge in [0, 0.05) is 33.4 Å². The van der Waals surface area contributed by atoms with Gasteiger partial charge in [-0.2, -0.15) is 0 Å². The lowest BCUT2D eigenvalue weighted by Crippen LogP contribution is -2.11. The summed E-state index contributed by atoms with van der Waals surface area (Å²) < 4.78 is 2.39. The van der Waals surface area contributed by atoms with Gasteiger partial charge in [0.15, 0.2) is 0 Å². The molecule has 2 heteroatoms. The van der Waals surface area contributed by atoms with Crippen molar-refractivity contribution in [3.63, 3.8) is 0 Å². The third-order valence-electron chi connectivity index (χ3n) is 8.39. The fraction of sp³-hybridized carbons (Fsp3) is 0. The second-order valence-corrected chi connectivity index (χ2v) is 11.0. The highest BCUT2D eigenvalue weighted by Crippen LogP contribution is 2.43. The Balaban J connectivity index is 1.35. The maximum atomic E-state index is 2.39. The van der Waals surface area contributed by atoms with Gasteiger partial charge in [0.1, 0.15) is 0 Å². The van der Waals surface area contributed by atoms with E-state index in [0.29, 0.717) is 0 Å². The molecule has 0 bridgehead atoms. The van der Waals surface area contributed by atoms with Crippen LogP contribution in [0.4, 0.5) is 17.1 Å². The van der Waals surface area contributed by atoms with Gasteiger partial charge < -0.3 is 9.47 Å². The molecule has 44 heavy (non-hydrogen) atoms. The fourth-order valence-electron chi connectivity index (χ4n) is 6.35. The van der Waals surface area contributed by atoms with Crippen LogP contribution in [0.2, 0.25) is 0 Å². The molecule has 0 aliphatic heterocycles. The topological polar surface area (TPSA) is 8.17 Å². The number of nitrogens with zero attached hydrogens (tertiary/aromatic N) is 2. The minimum absolute atomic E-state index is 1.11. The first kappa shape index (κ1) is 25.8. The van der Waals surface area contributed by atoms with E-state index in [4.69, 9.17) is 0 Å². The zero-order chi connectivity index (χ0) is 29.3. The molecule has 0 atom stereocenters. The molecular formula is C42H30N2. The summed E-state index contributed by atoms with van der Waals surface area (Å²) in [5, 5.41) is 2.52. The standard InChI is InChI=1S/C42H30N2/c1-4-14-31(15-5-1)32-24-26-35(27-25-32)43(34-18-8-3-9-19-34)42-29-28-36(30-39(42)33-16-6-2-7-17-33)44-40-22-12-10-20-37(40)38-21-11-13-23-41(38)44/h1-30H. The predicted octanol–water partition coefficient (Wildman–Crippen LogP) is 11.6. The van der Waals surface area contributed by atoms with Crippen molar-refractivity contribution in [1.82, 2.24) is 4.57 Å². The quantitative estimate of drug-likeness (QED) is 0.196. The molecule has 0 aliphatic rings. The zero-order valence-corrected chi connectivity index (χ0v) is 24.2. The Kier molecular flexibility index (Phi) is 6.51. The first-order chi connectivity index (χ1) is 21.8. The Morgan fingerprint density at radius 1 is 0.364 bits per heavy atom. The van der Waals surface area contributed by atoms with Gasteiger partial charge >= 0.3 is 0 Å². The number of hydrogen-bond acceptors (Lipinski definition) is 1. The molecule has 0 saturated heterocycles. The number of anilines is 3. The number of benzene rings is 7. The summed E-state index contributed by atoms with van der Waals surface area (Å²) in [6.45, 7) is 0. The van der Waals surface area contributed by atoms with Gasteiger partial charge in [-0.15, -0.1) is 0 Å². The van der Waals surface area contributed by atoms with Gasteiger partial charge in [-0.1, -0.05) is 127 Å². The highest BCUT2D eigenvalue weighted by molar-refractivity contribution is 6.09. The fourth-order valence-corrected chi connectivity index (χ4v) is 6.35. The smallest absolute Gasteiger partial charge is 0.0541 e. The highest BCUT2D eigenvalue weighted by atomic mass is 15.1. The Morgan fingerprint density at radius 3 is 1.45 bits per heavy atom. The van der Waals surface area contributed by atoms with E-state index >= 15 is 0 Å². The Hall–Kier alpha value is -5.86. The molecule has 0 spiro atoms. The largest absolute Gasteiger partial charge is 0.310 e. The Morgan fingerprint density at radius 2 is 0.841 bits per heavy atom. The number of hydrogen-bond donors (Lipinski definition) is 0. The van der Waals surface area contributed by atoms with Crippen LogP contribution in [0, 0.1) is 0 Å². The summed E-state index contributed by atoms with van der Waals surface area (Å²) in [7, 11) is 0. The van der Waals surface area contributed by atoms with Crippen LogP contribution < -0.4 is 4.90 Å². The Bertz CT molecular complexity index is 2140. The maximum Gasteiger partial charge on any atom is 0.0541 e. The second kappa shape index (κ2) is 11.1. The first-order valence-electron chi connectivity index (χ1n) is 15.0. The van der Waals surface area contributed by atoms with Gasteiger partial charge in [0.05, 0.1) is 16.7 Å². The van der Waals surface area contributed by atoms with Crippen molar-refractivity contribution < 1.29 is 0 Å². The van der Waals surface area contributed by atoms with Crippen LogP contribution in [0.25, 0.3) is 49.7 Å². The van der Waals surface area contributed by atoms with Crippen molar-refractivity contribution in [3.05, 3.63) is 182 Å². The average molecular weight is 563 g/mol. The van der Waals surface area contributed by atoms with Crippen molar-refractivity contribution in [2.45, 2.75) is 0 Å². The minimum atomic E-state index is 1.11. The van der Waals surface area contributed by atoms with E-state index in [1.54, 1.807) is 0 Å². The SMILES string of the molecule is c1ccc(-c2ccc(N(c3ccccc3)c3ccc(-n4c5ccccc5c5ccccc54)cc3-c3ccccc3)cc2)cc1. The molecule has 7 aromatic carbocycles. The summed E-state index contributed by atoms with van der Waals surface area (Å²) in [5.41, 5.74) is 11.6. The molecule has 8 rings (SSSR count). The minimum Gasteiger partial charge on any atom is -0.310 e. The molecule has 1 aromatic heterocycles. The molecule has 0 amide bonds. The van der Waals surface area contributed by atoms with Crippen molar-refractivity contribution >= 4 is 38.9 Å². The van der Waals surface area contributed by atoms with E-state index in [9.17, 15) is 0 Å². The van der Waals surface area contributed by atoms with E-state index in [-0.39, 0.29) is 0 Å². The lowest BCUT2D eigenvalue weighted by molar-refractivity contribution is 1.17. The average Bonchev–Trinajstić information content (AvgIpc) is 3.45. The molecule has 208 valence electrons. The van der Waals surface area contributed by atoms with Crippen LogP contribution in [0.3, 0.4) is 0 Å². The summed E-state index contributed by atoms with van der Waals surface area (Å²) in [5.74, 6) is 0. The van der Waals surface area contributed by atoms with E-state index in [1.165, 1.54) is 44.1 Å². The van der Waals surface area contributed by atoms with E-state index in [1.807, 2.05) is 0 Å². The third-order valence-corrected chi connectivity index (χ3v) is 8.39. The van der Waals surface area contributed by atoms with Crippen molar-refractivity contribution in [3.8, 4) is 27.9 Å². The summed E-state index contributed by atoms with van der Waals surface area (Å²) in [6.07, 6.45) is 0. The van der Waals surface area contributed by atoms with Crippen LogP contribution in [-0.4, -0.2) is 4.57 Å². The number of aromatic nitrogens is 1. The van der Waals surface area contributed by atoms with Crippen LogP contribution in [-0.2, 0) is 0 Å². The van der Waals surface area contributed by atoms with Crippen LogP contribution >= 0.6 is 0 Å². The summed E-state index contributed by atoms with van der Waals surface area (Å²) in [4.78, 5) is 2.37. The molecule has 0 fully saturated rings. The van der Waals surface area contributed by atoms with E-state index in [0.717, 1.165) is 22.7 Å². The predicted molar refractivity (Wildman–Crippen MR) is 186 cm³/mol. The molecular weight excluding hydrogens is 532 g/mol. The van der Waals surface area contributed by atoms with Crippen molar-refractivity contribution in [1.29, 1.82) is 0 Å². The van der Waals surface area contributed by atoms with Gasteiger partial charge in [-0.25, -0.2) is 0 Å². The Labute approximate surface area is 257 Å². The van der Waals surface area contributed by atoms with Crippen molar-refractivity contribution in [2.75, 3.05) is 4.90 Å². The van der Waals surface area contributed by atoms with Crippen LogP contribution in [0.1, 0.15) is 0 Å². The van der Waals surface area contributed by atoms with Crippen molar-refractivity contribution in [2.24, 2.45) is 0 Å². The number of para-hydroxylation sites is 3. The highest BCUT2D eigenvalue weighted by Gasteiger charge is 2.19. The van der Waals surface area contributed by atoms with E-state index < -0.39 is 0 Å². The maximum absolute atomic E-state index is 2.39. The molecule has 2 nitrogen and oxygen atoms in total.